The molecule has 0 spiro atoms. The van der Waals surface area contributed by atoms with Crippen molar-refractivity contribution in [2.75, 3.05) is 0 Å². The van der Waals surface area contributed by atoms with Crippen molar-refractivity contribution in [3.05, 3.63) is 11.7 Å². The third-order valence-electron chi connectivity index (χ3n) is 1.05. The van der Waals surface area contributed by atoms with Crippen LogP contribution in [0.25, 0.3) is 0 Å². The van der Waals surface area contributed by atoms with Gasteiger partial charge in [0.2, 0.25) is 0 Å². The zero-order valence-electron chi connectivity index (χ0n) is 6.20. The molecule has 1 atom stereocenters. The van der Waals surface area contributed by atoms with E-state index < -0.39 is 18.4 Å². The van der Waals surface area contributed by atoms with E-state index in [1.165, 1.54) is 0 Å². The lowest BCUT2D eigenvalue weighted by atomic mass is 10.3. The van der Waals surface area contributed by atoms with E-state index in [1.807, 2.05) is 0 Å². The van der Waals surface area contributed by atoms with Crippen LogP contribution in [-0.2, 0) is 0 Å². The molecular weight excluding hydrogens is 192 g/mol. The molecule has 0 saturated carbocycles. The Bertz CT molecular complexity index is 218. The topological polar surface area (TPSA) is 64.9 Å². The van der Waals surface area contributed by atoms with Crippen molar-refractivity contribution in [1.82, 2.24) is 10.1 Å². The van der Waals surface area contributed by atoms with Gasteiger partial charge in [-0.3, -0.25) is 0 Å². The number of nitrogens with two attached hydrogens (primary N) is 1. The van der Waals surface area contributed by atoms with Gasteiger partial charge in [-0.15, -0.1) is 12.4 Å². The lowest BCUT2D eigenvalue weighted by Crippen LogP contribution is -2.06. The van der Waals surface area contributed by atoms with Gasteiger partial charge in [0.15, 0.2) is 5.82 Å². The molecule has 1 aromatic rings. The summed E-state index contributed by atoms with van der Waals surface area (Å²) in [5.74, 6) is -0.586. The van der Waals surface area contributed by atoms with Crippen LogP contribution in [0.4, 0.5) is 8.78 Å². The van der Waals surface area contributed by atoms with Crippen molar-refractivity contribution in [3.63, 3.8) is 0 Å². The van der Waals surface area contributed by atoms with Crippen molar-refractivity contribution in [2.45, 2.75) is 19.4 Å². The maximum Gasteiger partial charge on any atom is 0.315 e. The zero-order valence-corrected chi connectivity index (χ0v) is 7.02. The lowest BCUT2D eigenvalue weighted by molar-refractivity contribution is 0.106. The quantitative estimate of drug-likeness (QED) is 0.783. The summed E-state index contributed by atoms with van der Waals surface area (Å²) < 4.78 is 27.8. The molecule has 0 aliphatic heterocycles. The van der Waals surface area contributed by atoms with Crippen LogP contribution in [0, 0.1) is 0 Å². The number of halogens is 3. The van der Waals surface area contributed by atoms with Crippen LogP contribution >= 0.6 is 12.4 Å². The van der Waals surface area contributed by atoms with Crippen molar-refractivity contribution >= 4 is 12.4 Å². The second-order valence-corrected chi connectivity index (χ2v) is 2.08. The van der Waals surface area contributed by atoms with Crippen LogP contribution in [-0.4, -0.2) is 10.1 Å². The fraction of sp³-hybridized carbons (Fsp3) is 0.600. The third kappa shape index (κ3) is 2.38. The first-order valence-corrected chi connectivity index (χ1v) is 2.98. The van der Waals surface area contributed by atoms with Crippen molar-refractivity contribution in [2.24, 2.45) is 5.73 Å². The largest absolute Gasteiger partial charge is 0.333 e. The van der Waals surface area contributed by atoms with Crippen molar-refractivity contribution < 1.29 is 13.3 Å². The van der Waals surface area contributed by atoms with Crippen LogP contribution in [0.2, 0.25) is 0 Å². The Morgan fingerprint density at radius 1 is 1.50 bits per heavy atom. The van der Waals surface area contributed by atoms with Gasteiger partial charge in [-0.05, 0) is 6.92 Å². The van der Waals surface area contributed by atoms with Gasteiger partial charge in [0.1, 0.15) is 0 Å². The van der Waals surface area contributed by atoms with Gasteiger partial charge in [-0.1, -0.05) is 5.16 Å². The molecule has 0 aliphatic rings. The van der Waals surface area contributed by atoms with E-state index in [1.54, 1.807) is 6.92 Å². The van der Waals surface area contributed by atoms with E-state index in [0.29, 0.717) is 0 Å². The summed E-state index contributed by atoms with van der Waals surface area (Å²) in [6.45, 7) is 1.58. The third-order valence-corrected chi connectivity index (χ3v) is 1.05. The van der Waals surface area contributed by atoms with Gasteiger partial charge >= 0.3 is 6.43 Å². The highest BCUT2D eigenvalue weighted by molar-refractivity contribution is 5.85. The Balaban J connectivity index is 0.00000121. The Labute approximate surface area is 73.5 Å². The Morgan fingerprint density at radius 3 is 2.33 bits per heavy atom. The molecule has 0 fully saturated rings. The van der Waals surface area contributed by atoms with Gasteiger partial charge in [0.05, 0.1) is 6.04 Å². The summed E-state index contributed by atoms with van der Waals surface area (Å²) in [5.41, 5.74) is 5.30. The molecule has 1 rings (SSSR count). The first-order valence-electron chi connectivity index (χ1n) is 2.98. The minimum absolute atomic E-state index is 0. The molecule has 1 heterocycles. The average Bonchev–Trinajstić information content (AvgIpc) is 2.33. The molecule has 7 heteroatoms. The SMILES string of the molecule is CC(N)c1noc(C(F)F)n1.Cl. The van der Waals surface area contributed by atoms with E-state index >= 15 is 0 Å². The minimum atomic E-state index is -2.73. The van der Waals surface area contributed by atoms with Crippen LogP contribution in [0.5, 0.6) is 0 Å². The van der Waals surface area contributed by atoms with E-state index in [0.717, 1.165) is 0 Å². The molecule has 1 unspecified atom stereocenters. The minimum Gasteiger partial charge on any atom is -0.333 e. The Morgan fingerprint density at radius 2 is 2.08 bits per heavy atom. The lowest BCUT2D eigenvalue weighted by Gasteiger charge is -1.92. The summed E-state index contributed by atoms with van der Waals surface area (Å²) in [6, 6.07) is -0.480. The fourth-order valence-corrected chi connectivity index (χ4v) is 0.521. The van der Waals surface area contributed by atoms with Crippen LogP contribution in [0.1, 0.15) is 31.1 Å². The normalized spacial score (nSPS) is 12.8. The molecule has 0 aromatic carbocycles. The summed E-state index contributed by atoms with van der Waals surface area (Å²) in [5, 5.41) is 3.25. The highest BCUT2D eigenvalue weighted by atomic mass is 35.5. The summed E-state index contributed by atoms with van der Waals surface area (Å²) in [6.07, 6.45) is -2.73. The predicted octanol–water partition coefficient (Wildman–Crippen LogP) is 1.45. The smallest absolute Gasteiger partial charge is 0.315 e. The van der Waals surface area contributed by atoms with Gasteiger partial charge in [-0.25, -0.2) is 0 Å². The van der Waals surface area contributed by atoms with Gasteiger partial charge < -0.3 is 10.3 Å². The molecule has 1 aromatic heterocycles. The maximum absolute atomic E-state index is 11.8. The average molecular weight is 200 g/mol. The van der Waals surface area contributed by atoms with Crippen molar-refractivity contribution in [3.8, 4) is 0 Å². The van der Waals surface area contributed by atoms with Crippen molar-refractivity contribution in [1.29, 1.82) is 0 Å². The fourth-order valence-electron chi connectivity index (χ4n) is 0.521. The number of hydrogen-bond donors (Lipinski definition) is 1. The number of hydrogen-bond acceptors (Lipinski definition) is 4. The molecule has 0 saturated heterocycles. The molecule has 70 valence electrons. The summed E-state index contributed by atoms with van der Waals surface area (Å²) >= 11 is 0. The molecule has 2 N–H and O–H groups in total. The zero-order chi connectivity index (χ0) is 8.43. The first-order chi connectivity index (χ1) is 5.11. The first kappa shape index (κ1) is 11.2. The number of alkyl halides is 2. The highest BCUT2D eigenvalue weighted by Gasteiger charge is 2.17. The highest BCUT2D eigenvalue weighted by Crippen LogP contribution is 2.17. The summed E-state index contributed by atoms with van der Waals surface area (Å²) in [7, 11) is 0. The van der Waals surface area contributed by atoms with Crippen LogP contribution in [0.3, 0.4) is 0 Å². The summed E-state index contributed by atoms with van der Waals surface area (Å²) in [4.78, 5) is 3.36. The van der Waals surface area contributed by atoms with Gasteiger partial charge in [-0.2, -0.15) is 13.8 Å². The molecule has 4 nitrogen and oxygen atoms in total. The maximum atomic E-state index is 11.8. The molecule has 0 radical (unpaired) electrons. The second kappa shape index (κ2) is 4.32. The molecule has 0 aliphatic carbocycles. The van der Waals surface area contributed by atoms with E-state index in [-0.39, 0.29) is 18.2 Å². The predicted molar refractivity (Wildman–Crippen MR) is 39.1 cm³/mol. The van der Waals surface area contributed by atoms with E-state index in [4.69, 9.17) is 5.73 Å². The number of rotatable bonds is 2. The molecule has 12 heavy (non-hydrogen) atoms. The number of aromatic nitrogens is 2. The monoisotopic (exact) mass is 199 g/mol. The number of nitrogens with zero attached hydrogens (tertiary/aromatic N) is 2. The van der Waals surface area contributed by atoms with Crippen LogP contribution in [0.15, 0.2) is 4.52 Å². The van der Waals surface area contributed by atoms with E-state index in [9.17, 15) is 8.78 Å². The second-order valence-electron chi connectivity index (χ2n) is 2.08. The van der Waals surface area contributed by atoms with Gasteiger partial charge in [0.25, 0.3) is 5.89 Å². The van der Waals surface area contributed by atoms with E-state index in [2.05, 4.69) is 14.7 Å². The molecule has 0 bridgehead atoms. The standard InChI is InChI=1S/C5H7F2N3O.ClH/c1-2(8)4-9-5(3(6)7)11-10-4;/h2-3H,8H2,1H3;1H. The Kier molecular flexibility index (Phi) is 4.05. The van der Waals surface area contributed by atoms with Crippen LogP contribution < -0.4 is 5.73 Å². The van der Waals surface area contributed by atoms with Gasteiger partial charge in [0, 0.05) is 0 Å². The molecule has 0 amide bonds. The Hall–Kier alpha value is -0.750. The molecular formula is C5H8ClF2N3O.